The van der Waals surface area contributed by atoms with E-state index in [2.05, 4.69) is 10.0 Å². The zero-order valence-electron chi connectivity index (χ0n) is 17.5. The standard InChI is InChI=1S/C23H21ClF2N2O4S/c1-2-32-20-12-11-16(24)14-21(20)33(30,31)28-19(13-15-7-4-3-5-8-15)23(29)27-22-17(25)9-6-10-18(22)26/h3-12,14,19,28H,2,13H2,1H3,(H,27,29). The number of anilines is 1. The number of hydrogen-bond acceptors (Lipinski definition) is 4. The summed E-state index contributed by atoms with van der Waals surface area (Å²) in [6.45, 7) is 1.89. The molecule has 0 saturated heterocycles. The van der Waals surface area contributed by atoms with Crippen LogP contribution in [0.1, 0.15) is 12.5 Å². The quantitative estimate of drug-likeness (QED) is 0.457. The topological polar surface area (TPSA) is 84.5 Å². The molecule has 3 rings (SSSR count). The van der Waals surface area contributed by atoms with Crippen molar-refractivity contribution in [3.8, 4) is 5.75 Å². The van der Waals surface area contributed by atoms with Crippen molar-refractivity contribution in [1.29, 1.82) is 0 Å². The Morgan fingerprint density at radius 2 is 1.70 bits per heavy atom. The van der Waals surface area contributed by atoms with E-state index in [4.69, 9.17) is 16.3 Å². The molecule has 1 atom stereocenters. The Morgan fingerprint density at radius 3 is 2.33 bits per heavy atom. The van der Waals surface area contributed by atoms with E-state index in [0.29, 0.717) is 5.56 Å². The molecule has 0 aliphatic carbocycles. The van der Waals surface area contributed by atoms with Crippen molar-refractivity contribution in [2.75, 3.05) is 11.9 Å². The first-order valence-corrected chi connectivity index (χ1v) is 11.8. The van der Waals surface area contributed by atoms with Crippen LogP contribution in [0.3, 0.4) is 0 Å². The monoisotopic (exact) mass is 494 g/mol. The second-order valence-corrected chi connectivity index (χ2v) is 9.09. The number of benzene rings is 3. The van der Waals surface area contributed by atoms with E-state index >= 15 is 0 Å². The second-order valence-electron chi connectivity index (χ2n) is 6.97. The normalized spacial score (nSPS) is 12.2. The highest BCUT2D eigenvalue weighted by Crippen LogP contribution is 2.28. The van der Waals surface area contributed by atoms with Gasteiger partial charge in [-0.05, 0) is 49.2 Å². The molecule has 0 heterocycles. The van der Waals surface area contributed by atoms with E-state index in [0.717, 1.165) is 18.2 Å². The lowest BCUT2D eigenvalue weighted by molar-refractivity contribution is -0.117. The van der Waals surface area contributed by atoms with Crippen molar-refractivity contribution < 1.29 is 26.7 Å². The Balaban J connectivity index is 1.96. The highest BCUT2D eigenvalue weighted by Gasteiger charge is 2.29. The summed E-state index contributed by atoms with van der Waals surface area (Å²) in [5, 5.41) is 2.30. The van der Waals surface area contributed by atoms with Gasteiger partial charge >= 0.3 is 0 Å². The largest absolute Gasteiger partial charge is 0.492 e. The van der Waals surface area contributed by atoms with Crippen LogP contribution < -0.4 is 14.8 Å². The Kier molecular flexibility index (Phi) is 8.01. The molecule has 3 aromatic carbocycles. The molecule has 0 radical (unpaired) electrons. The van der Waals surface area contributed by atoms with Crippen LogP contribution in [0.5, 0.6) is 5.75 Å². The number of sulfonamides is 1. The average Bonchev–Trinajstić information content (AvgIpc) is 2.77. The minimum atomic E-state index is -4.32. The van der Waals surface area contributed by atoms with Gasteiger partial charge in [0.05, 0.1) is 6.61 Å². The lowest BCUT2D eigenvalue weighted by Gasteiger charge is -2.20. The molecular weight excluding hydrogens is 474 g/mol. The molecule has 0 bridgehead atoms. The maximum Gasteiger partial charge on any atom is 0.245 e. The first-order valence-electron chi connectivity index (χ1n) is 9.94. The molecule has 6 nitrogen and oxygen atoms in total. The van der Waals surface area contributed by atoms with E-state index in [1.807, 2.05) is 0 Å². The fraction of sp³-hybridized carbons (Fsp3) is 0.174. The number of rotatable bonds is 9. The van der Waals surface area contributed by atoms with Crippen LogP contribution in [0, 0.1) is 11.6 Å². The van der Waals surface area contributed by atoms with Crippen molar-refractivity contribution in [3.05, 3.63) is 89.0 Å². The Labute approximate surface area is 195 Å². The number of para-hydroxylation sites is 1. The SMILES string of the molecule is CCOc1ccc(Cl)cc1S(=O)(=O)NC(Cc1ccccc1)C(=O)Nc1c(F)cccc1F. The average molecular weight is 495 g/mol. The van der Waals surface area contributed by atoms with Gasteiger partial charge < -0.3 is 10.1 Å². The number of hydrogen-bond donors (Lipinski definition) is 2. The lowest BCUT2D eigenvalue weighted by atomic mass is 10.1. The van der Waals surface area contributed by atoms with E-state index in [9.17, 15) is 22.0 Å². The molecule has 0 fully saturated rings. The molecular formula is C23H21ClF2N2O4S. The first-order chi connectivity index (χ1) is 15.7. The predicted octanol–water partition coefficient (Wildman–Crippen LogP) is 4.55. The summed E-state index contributed by atoms with van der Waals surface area (Å²) in [7, 11) is -4.32. The third kappa shape index (κ3) is 6.28. The Morgan fingerprint density at radius 1 is 1.03 bits per heavy atom. The summed E-state index contributed by atoms with van der Waals surface area (Å²) >= 11 is 5.98. The van der Waals surface area contributed by atoms with Gasteiger partial charge in [0.25, 0.3) is 0 Å². The van der Waals surface area contributed by atoms with Crippen LogP contribution in [0.4, 0.5) is 14.5 Å². The molecule has 0 aliphatic rings. The Bertz CT molecular complexity index is 1220. The van der Waals surface area contributed by atoms with Gasteiger partial charge in [-0.25, -0.2) is 17.2 Å². The van der Waals surface area contributed by atoms with Gasteiger partial charge in [-0.2, -0.15) is 4.72 Å². The van der Waals surface area contributed by atoms with Gasteiger partial charge in [0, 0.05) is 5.02 Å². The molecule has 1 amide bonds. The molecule has 0 saturated carbocycles. The zero-order chi connectivity index (χ0) is 24.0. The van der Waals surface area contributed by atoms with Gasteiger partial charge in [-0.3, -0.25) is 4.79 Å². The summed E-state index contributed by atoms with van der Waals surface area (Å²) in [6.07, 6.45) is -0.0769. The van der Waals surface area contributed by atoms with Crippen LogP contribution in [-0.4, -0.2) is 27.0 Å². The third-order valence-electron chi connectivity index (χ3n) is 4.60. The third-order valence-corrected chi connectivity index (χ3v) is 6.33. The summed E-state index contributed by atoms with van der Waals surface area (Å²) < 4.78 is 62.2. The lowest BCUT2D eigenvalue weighted by Crippen LogP contribution is -2.45. The summed E-state index contributed by atoms with van der Waals surface area (Å²) in [6, 6.07) is 14.4. The minimum absolute atomic E-state index is 0.0495. The summed E-state index contributed by atoms with van der Waals surface area (Å²) in [4.78, 5) is 12.7. The molecule has 2 N–H and O–H groups in total. The van der Waals surface area contributed by atoms with Crippen LogP contribution in [-0.2, 0) is 21.2 Å². The minimum Gasteiger partial charge on any atom is -0.492 e. The molecule has 10 heteroatoms. The molecule has 33 heavy (non-hydrogen) atoms. The van der Waals surface area contributed by atoms with E-state index in [-0.39, 0.29) is 28.7 Å². The van der Waals surface area contributed by atoms with Gasteiger partial charge in [0.15, 0.2) is 0 Å². The number of carbonyl (C=O) groups is 1. The van der Waals surface area contributed by atoms with Crippen molar-refractivity contribution in [2.24, 2.45) is 0 Å². The maximum absolute atomic E-state index is 14.1. The number of halogens is 3. The fourth-order valence-electron chi connectivity index (χ4n) is 3.08. The van der Waals surface area contributed by atoms with Crippen LogP contribution in [0.15, 0.2) is 71.6 Å². The van der Waals surface area contributed by atoms with Crippen LogP contribution in [0.25, 0.3) is 0 Å². The van der Waals surface area contributed by atoms with Crippen molar-refractivity contribution in [2.45, 2.75) is 24.3 Å². The highest BCUT2D eigenvalue weighted by molar-refractivity contribution is 7.89. The van der Waals surface area contributed by atoms with Gasteiger partial charge in [0.1, 0.15) is 34.0 Å². The second kappa shape index (κ2) is 10.7. The number of carbonyl (C=O) groups excluding carboxylic acids is 1. The molecule has 3 aromatic rings. The number of nitrogens with one attached hydrogen (secondary N) is 2. The molecule has 174 valence electrons. The van der Waals surface area contributed by atoms with E-state index < -0.39 is 39.3 Å². The predicted molar refractivity (Wildman–Crippen MR) is 122 cm³/mol. The van der Waals surface area contributed by atoms with Gasteiger partial charge in [-0.1, -0.05) is 48.0 Å². The number of ether oxygens (including phenoxy) is 1. The molecule has 1 unspecified atom stereocenters. The smallest absolute Gasteiger partial charge is 0.245 e. The highest BCUT2D eigenvalue weighted by atomic mass is 35.5. The summed E-state index contributed by atoms with van der Waals surface area (Å²) in [5.41, 5.74) is -0.0389. The van der Waals surface area contributed by atoms with Crippen molar-refractivity contribution in [1.82, 2.24) is 4.72 Å². The van der Waals surface area contributed by atoms with Gasteiger partial charge in [0.2, 0.25) is 15.9 Å². The summed E-state index contributed by atoms with van der Waals surface area (Å²) in [5.74, 6) is -2.86. The van der Waals surface area contributed by atoms with E-state index in [1.165, 1.54) is 18.2 Å². The van der Waals surface area contributed by atoms with Crippen LogP contribution in [0.2, 0.25) is 5.02 Å². The number of amides is 1. The van der Waals surface area contributed by atoms with Crippen molar-refractivity contribution >= 4 is 33.2 Å². The molecule has 0 spiro atoms. The van der Waals surface area contributed by atoms with E-state index in [1.54, 1.807) is 37.3 Å². The van der Waals surface area contributed by atoms with Crippen molar-refractivity contribution in [3.63, 3.8) is 0 Å². The first kappa shape index (κ1) is 24.6. The Hall–Kier alpha value is -3.01. The fourth-order valence-corrected chi connectivity index (χ4v) is 4.69. The molecule has 0 aromatic heterocycles. The maximum atomic E-state index is 14.1. The van der Waals surface area contributed by atoms with Gasteiger partial charge in [-0.15, -0.1) is 0 Å². The molecule has 0 aliphatic heterocycles. The zero-order valence-corrected chi connectivity index (χ0v) is 19.1. The van der Waals surface area contributed by atoms with Crippen LogP contribution >= 0.6 is 11.6 Å².